The van der Waals surface area contributed by atoms with E-state index in [1.54, 1.807) is 5.38 Å². The highest BCUT2D eigenvalue weighted by Crippen LogP contribution is 2.17. The summed E-state index contributed by atoms with van der Waals surface area (Å²) in [7, 11) is 0. The van der Waals surface area contributed by atoms with Crippen LogP contribution in [0.15, 0.2) is 60.0 Å². The predicted octanol–water partition coefficient (Wildman–Crippen LogP) is 4.39. The number of thiazole rings is 1. The molecule has 150 valence electrons. The molecule has 0 atom stereocenters. The van der Waals surface area contributed by atoms with Gasteiger partial charge in [-0.1, -0.05) is 42.5 Å². The Morgan fingerprint density at radius 2 is 1.86 bits per heavy atom. The second-order valence-electron chi connectivity index (χ2n) is 6.71. The van der Waals surface area contributed by atoms with Crippen molar-refractivity contribution in [3.8, 4) is 0 Å². The Balaban J connectivity index is 1.38. The molecule has 7 heteroatoms. The number of carbonyl (C=O) groups excluding carboxylic acids is 2. The van der Waals surface area contributed by atoms with Gasteiger partial charge in [0, 0.05) is 17.6 Å². The lowest BCUT2D eigenvalue weighted by atomic mass is 10.1. The summed E-state index contributed by atoms with van der Waals surface area (Å²) in [6, 6.07) is 17.4. The van der Waals surface area contributed by atoms with Crippen molar-refractivity contribution in [2.75, 3.05) is 17.2 Å². The molecule has 0 spiro atoms. The fraction of sp³-hybridized carbons (Fsp3) is 0.227. The van der Waals surface area contributed by atoms with E-state index in [2.05, 4.69) is 33.1 Å². The van der Waals surface area contributed by atoms with Gasteiger partial charge in [0.15, 0.2) is 5.13 Å². The molecule has 0 fully saturated rings. The lowest BCUT2D eigenvalue weighted by Crippen LogP contribution is -2.26. The molecule has 3 N–H and O–H groups in total. The zero-order valence-electron chi connectivity index (χ0n) is 16.3. The third kappa shape index (κ3) is 7.04. The van der Waals surface area contributed by atoms with Crippen LogP contribution in [-0.2, 0) is 17.6 Å². The first-order valence-corrected chi connectivity index (χ1v) is 10.4. The third-order valence-corrected chi connectivity index (χ3v) is 5.00. The predicted molar refractivity (Wildman–Crippen MR) is 117 cm³/mol. The number of anilines is 2. The van der Waals surface area contributed by atoms with E-state index >= 15 is 0 Å². The first-order chi connectivity index (χ1) is 14.1. The minimum atomic E-state index is -0.359. The molecule has 3 aromatic rings. The maximum atomic E-state index is 12.1. The summed E-state index contributed by atoms with van der Waals surface area (Å²) in [6.07, 6.45) is 2.02. The van der Waals surface area contributed by atoms with Gasteiger partial charge in [0.25, 0.3) is 0 Å². The van der Waals surface area contributed by atoms with E-state index in [0.29, 0.717) is 23.1 Å². The molecule has 0 aliphatic heterocycles. The summed E-state index contributed by atoms with van der Waals surface area (Å²) in [5, 5.41) is 10.6. The average molecular weight is 409 g/mol. The number of carbonyl (C=O) groups is 2. The van der Waals surface area contributed by atoms with Crippen LogP contribution in [0.2, 0.25) is 0 Å². The highest BCUT2D eigenvalue weighted by Gasteiger charge is 2.10. The van der Waals surface area contributed by atoms with Crippen LogP contribution in [0.3, 0.4) is 0 Å². The summed E-state index contributed by atoms with van der Waals surface area (Å²) in [5.41, 5.74) is 3.69. The molecule has 0 bridgehead atoms. The third-order valence-electron chi connectivity index (χ3n) is 4.20. The lowest BCUT2D eigenvalue weighted by Gasteiger charge is -2.06. The molecule has 0 saturated heterocycles. The molecule has 6 nitrogen and oxygen atoms in total. The number of benzene rings is 2. The van der Waals surface area contributed by atoms with E-state index < -0.39 is 0 Å². The minimum absolute atomic E-state index is 0.0703. The molecule has 0 aliphatic rings. The molecule has 0 radical (unpaired) electrons. The second-order valence-corrected chi connectivity index (χ2v) is 7.57. The SMILES string of the molecule is Cc1cccc(NC(=O)Nc2nc(CC(=O)NCCCc3ccccc3)cs2)c1. The lowest BCUT2D eigenvalue weighted by molar-refractivity contribution is -0.120. The number of rotatable bonds is 8. The van der Waals surface area contributed by atoms with Gasteiger partial charge in [-0.25, -0.2) is 9.78 Å². The smallest absolute Gasteiger partial charge is 0.325 e. The van der Waals surface area contributed by atoms with Gasteiger partial charge in [-0.2, -0.15) is 0 Å². The summed E-state index contributed by atoms with van der Waals surface area (Å²) in [4.78, 5) is 28.5. The summed E-state index contributed by atoms with van der Waals surface area (Å²) >= 11 is 1.30. The van der Waals surface area contributed by atoms with Gasteiger partial charge in [0.1, 0.15) is 0 Å². The number of nitrogens with zero attached hydrogens (tertiary/aromatic N) is 1. The van der Waals surface area contributed by atoms with Gasteiger partial charge in [0.05, 0.1) is 12.1 Å². The molecule has 3 amide bonds. The first-order valence-electron chi connectivity index (χ1n) is 9.48. The molecule has 0 aliphatic carbocycles. The van der Waals surface area contributed by atoms with Crippen LogP contribution in [-0.4, -0.2) is 23.5 Å². The van der Waals surface area contributed by atoms with Crippen molar-refractivity contribution in [2.24, 2.45) is 0 Å². The van der Waals surface area contributed by atoms with Crippen LogP contribution in [0.4, 0.5) is 15.6 Å². The van der Waals surface area contributed by atoms with Crippen LogP contribution in [0.5, 0.6) is 0 Å². The van der Waals surface area contributed by atoms with E-state index in [9.17, 15) is 9.59 Å². The highest BCUT2D eigenvalue weighted by molar-refractivity contribution is 7.14. The fourth-order valence-corrected chi connectivity index (χ4v) is 3.53. The molecule has 0 unspecified atom stereocenters. The van der Waals surface area contributed by atoms with Crippen molar-refractivity contribution in [1.29, 1.82) is 0 Å². The number of urea groups is 1. The molecule has 0 saturated carbocycles. The Bertz CT molecular complexity index is 956. The molecular weight excluding hydrogens is 384 g/mol. The number of aryl methyl sites for hydroxylation is 2. The number of amides is 3. The minimum Gasteiger partial charge on any atom is -0.356 e. The first kappa shape index (κ1) is 20.5. The molecule has 1 aromatic heterocycles. The van der Waals surface area contributed by atoms with Crippen molar-refractivity contribution in [1.82, 2.24) is 10.3 Å². The van der Waals surface area contributed by atoms with Gasteiger partial charge in [-0.05, 0) is 43.0 Å². The Morgan fingerprint density at radius 1 is 1.03 bits per heavy atom. The second kappa shape index (κ2) is 10.4. The Labute approximate surface area is 174 Å². The Kier molecular flexibility index (Phi) is 7.35. The van der Waals surface area contributed by atoms with Gasteiger partial charge in [0.2, 0.25) is 5.91 Å². The monoisotopic (exact) mass is 408 g/mol. The van der Waals surface area contributed by atoms with Crippen LogP contribution >= 0.6 is 11.3 Å². The standard InChI is InChI=1S/C22H24N4O2S/c1-16-7-5-11-18(13-16)24-21(28)26-22-25-19(15-29-22)14-20(27)23-12-6-10-17-8-3-2-4-9-17/h2-5,7-9,11,13,15H,6,10,12,14H2,1H3,(H,23,27)(H2,24,25,26,28). The Hall–Kier alpha value is -3.19. The van der Waals surface area contributed by atoms with E-state index in [1.165, 1.54) is 16.9 Å². The molecule has 1 heterocycles. The van der Waals surface area contributed by atoms with Crippen molar-refractivity contribution in [2.45, 2.75) is 26.2 Å². The van der Waals surface area contributed by atoms with Crippen LogP contribution in [0.1, 0.15) is 23.2 Å². The summed E-state index contributed by atoms with van der Waals surface area (Å²) in [5.74, 6) is -0.0703. The molecular formula is C22H24N4O2S. The van der Waals surface area contributed by atoms with Gasteiger partial charge < -0.3 is 10.6 Å². The number of hydrogen-bond donors (Lipinski definition) is 3. The quantitative estimate of drug-likeness (QED) is 0.484. The largest absolute Gasteiger partial charge is 0.356 e. The van der Waals surface area contributed by atoms with E-state index in [4.69, 9.17) is 0 Å². The maximum Gasteiger partial charge on any atom is 0.325 e. The van der Waals surface area contributed by atoms with Gasteiger partial charge >= 0.3 is 6.03 Å². The average Bonchev–Trinajstić information content (AvgIpc) is 3.12. The number of hydrogen-bond acceptors (Lipinski definition) is 4. The molecule has 2 aromatic carbocycles. The van der Waals surface area contributed by atoms with Crippen LogP contribution < -0.4 is 16.0 Å². The van der Waals surface area contributed by atoms with Crippen molar-refractivity contribution < 1.29 is 9.59 Å². The zero-order chi connectivity index (χ0) is 20.5. The van der Waals surface area contributed by atoms with Crippen LogP contribution in [0.25, 0.3) is 0 Å². The Morgan fingerprint density at radius 3 is 2.66 bits per heavy atom. The number of aromatic nitrogens is 1. The normalized spacial score (nSPS) is 10.4. The van der Waals surface area contributed by atoms with Crippen molar-refractivity contribution >= 4 is 34.1 Å². The van der Waals surface area contributed by atoms with Crippen LogP contribution in [0, 0.1) is 6.92 Å². The topological polar surface area (TPSA) is 83.1 Å². The van der Waals surface area contributed by atoms with E-state index in [-0.39, 0.29) is 18.4 Å². The zero-order valence-corrected chi connectivity index (χ0v) is 17.1. The summed E-state index contributed by atoms with van der Waals surface area (Å²) in [6.45, 7) is 2.59. The highest BCUT2D eigenvalue weighted by atomic mass is 32.1. The van der Waals surface area contributed by atoms with Gasteiger partial charge in [-0.3, -0.25) is 10.1 Å². The maximum absolute atomic E-state index is 12.1. The van der Waals surface area contributed by atoms with Crippen molar-refractivity contribution in [3.05, 3.63) is 76.8 Å². The van der Waals surface area contributed by atoms with E-state index in [0.717, 1.165) is 18.4 Å². The fourth-order valence-electron chi connectivity index (χ4n) is 2.82. The molecule has 29 heavy (non-hydrogen) atoms. The van der Waals surface area contributed by atoms with E-state index in [1.807, 2.05) is 49.4 Å². The van der Waals surface area contributed by atoms with Gasteiger partial charge in [-0.15, -0.1) is 11.3 Å². The summed E-state index contributed by atoms with van der Waals surface area (Å²) < 4.78 is 0. The van der Waals surface area contributed by atoms with Crippen molar-refractivity contribution in [3.63, 3.8) is 0 Å². The molecule has 3 rings (SSSR count). The number of nitrogens with one attached hydrogen (secondary N) is 3.